The highest BCUT2D eigenvalue weighted by Crippen LogP contribution is 2.30. The van der Waals surface area contributed by atoms with Gasteiger partial charge in [-0.1, -0.05) is 13.0 Å². The van der Waals surface area contributed by atoms with E-state index in [0.29, 0.717) is 6.04 Å². The lowest BCUT2D eigenvalue weighted by Gasteiger charge is -2.22. The monoisotopic (exact) mass is 274 g/mol. The number of fused-ring (bicyclic) bond motifs is 1. The van der Waals surface area contributed by atoms with Gasteiger partial charge in [0.25, 0.3) is 0 Å². The first-order valence-corrected chi connectivity index (χ1v) is 8.19. The van der Waals surface area contributed by atoms with Crippen LogP contribution in [-0.4, -0.2) is 11.1 Å². The molecule has 0 spiro atoms. The van der Waals surface area contributed by atoms with E-state index in [1.165, 1.54) is 24.1 Å². The molecule has 2 aromatic heterocycles. The maximum Gasteiger partial charge on any atom is 0.0338 e. The lowest BCUT2D eigenvalue weighted by molar-refractivity contribution is 0.473. The number of rotatable bonds is 5. The van der Waals surface area contributed by atoms with Crippen molar-refractivity contribution in [1.82, 2.24) is 9.88 Å². The molecule has 0 saturated heterocycles. The van der Waals surface area contributed by atoms with Gasteiger partial charge in [0.1, 0.15) is 0 Å². The van der Waals surface area contributed by atoms with Crippen molar-refractivity contribution in [1.29, 1.82) is 0 Å². The van der Waals surface area contributed by atoms with Gasteiger partial charge in [-0.05, 0) is 54.8 Å². The second kappa shape index (κ2) is 5.93. The Morgan fingerprint density at radius 1 is 1.42 bits per heavy atom. The Morgan fingerprint density at radius 2 is 2.37 bits per heavy atom. The minimum absolute atomic E-state index is 0.580. The van der Waals surface area contributed by atoms with Crippen LogP contribution in [-0.2, 0) is 19.4 Å². The number of thiophene rings is 1. The zero-order valence-corrected chi connectivity index (χ0v) is 12.4. The Labute approximate surface area is 119 Å². The molecule has 0 aromatic carbocycles. The summed E-state index contributed by atoms with van der Waals surface area (Å²) in [5.74, 6) is 0. The summed E-state index contributed by atoms with van der Waals surface area (Å²) < 4.78 is 2.39. The van der Waals surface area contributed by atoms with Crippen LogP contribution in [0.1, 0.15) is 41.8 Å². The summed E-state index contributed by atoms with van der Waals surface area (Å²) in [4.78, 5) is 1.48. The molecular weight excluding hydrogens is 252 g/mol. The first-order valence-electron chi connectivity index (χ1n) is 7.31. The SMILES string of the molecule is CCNC1CCCc2cn(CCc3cccs3)cc21. The van der Waals surface area contributed by atoms with Gasteiger partial charge in [0.15, 0.2) is 0 Å². The van der Waals surface area contributed by atoms with E-state index in [9.17, 15) is 0 Å². The average Bonchev–Trinajstić information content (AvgIpc) is 3.06. The Hall–Kier alpha value is -1.06. The summed E-state index contributed by atoms with van der Waals surface area (Å²) in [6, 6.07) is 4.95. The van der Waals surface area contributed by atoms with Crippen molar-refractivity contribution in [3.05, 3.63) is 45.9 Å². The first kappa shape index (κ1) is 12.9. The van der Waals surface area contributed by atoms with E-state index in [-0.39, 0.29) is 0 Å². The second-order valence-electron chi connectivity index (χ2n) is 5.31. The van der Waals surface area contributed by atoms with Gasteiger partial charge in [-0.3, -0.25) is 0 Å². The van der Waals surface area contributed by atoms with Gasteiger partial charge in [-0.2, -0.15) is 0 Å². The fraction of sp³-hybridized carbons (Fsp3) is 0.500. The van der Waals surface area contributed by atoms with Crippen LogP contribution < -0.4 is 5.32 Å². The van der Waals surface area contributed by atoms with E-state index in [0.717, 1.165) is 19.5 Å². The predicted octanol–water partition coefficient (Wildman–Crippen LogP) is 3.78. The molecule has 102 valence electrons. The third-order valence-corrected chi connectivity index (χ3v) is 4.89. The zero-order chi connectivity index (χ0) is 13.1. The Balaban J connectivity index is 1.70. The van der Waals surface area contributed by atoms with E-state index in [4.69, 9.17) is 0 Å². The molecule has 0 amide bonds. The van der Waals surface area contributed by atoms with Gasteiger partial charge in [-0.25, -0.2) is 0 Å². The third kappa shape index (κ3) is 2.93. The van der Waals surface area contributed by atoms with Gasteiger partial charge in [0.2, 0.25) is 0 Å². The topological polar surface area (TPSA) is 17.0 Å². The molecule has 0 saturated carbocycles. The van der Waals surface area contributed by atoms with Crippen molar-refractivity contribution in [3.63, 3.8) is 0 Å². The quantitative estimate of drug-likeness (QED) is 0.878. The maximum absolute atomic E-state index is 3.61. The summed E-state index contributed by atoms with van der Waals surface area (Å²) in [7, 11) is 0. The molecule has 1 unspecified atom stereocenters. The van der Waals surface area contributed by atoms with Crippen LogP contribution in [0.25, 0.3) is 0 Å². The van der Waals surface area contributed by atoms with Crippen molar-refractivity contribution in [2.45, 2.75) is 45.2 Å². The summed E-state index contributed by atoms with van der Waals surface area (Å²) in [6.45, 7) is 4.36. The smallest absolute Gasteiger partial charge is 0.0338 e. The Morgan fingerprint density at radius 3 is 3.16 bits per heavy atom. The van der Waals surface area contributed by atoms with Crippen LogP contribution in [0, 0.1) is 0 Å². The van der Waals surface area contributed by atoms with E-state index >= 15 is 0 Å². The molecule has 2 heterocycles. The summed E-state index contributed by atoms with van der Waals surface area (Å²) >= 11 is 1.86. The summed E-state index contributed by atoms with van der Waals surface area (Å²) in [5.41, 5.74) is 3.10. The molecule has 3 heteroatoms. The number of aromatic nitrogens is 1. The molecule has 1 N–H and O–H groups in total. The number of nitrogens with zero attached hydrogens (tertiary/aromatic N) is 1. The Kier molecular flexibility index (Phi) is 4.04. The lowest BCUT2D eigenvalue weighted by Crippen LogP contribution is -2.23. The first-order chi connectivity index (χ1) is 9.36. The maximum atomic E-state index is 3.61. The van der Waals surface area contributed by atoms with Crippen molar-refractivity contribution in [2.24, 2.45) is 0 Å². The van der Waals surface area contributed by atoms with E-state index in [1.807, 2.05) is 11.3 Å². The van der Waals surface area contributed by atoms with E-state index in [1.54, 1.807) is 11.1 Å². The fourth-order valence-electron chi connectivity index (χ4n) is 3.03. The van der Waals surface area contributed by atoms with Crippen LogP contribution in [0.2, 0.25) is 0 Å². The molecule has 3 rings (SSSR count). The molecule has 0 fully saturated rings. The molecular formula is C16H22N2S. The van der Waals surface area contributed by atoms with Crippen molar-refractivity contribution >= 4 is 11.3 Å². The molecule has 1 aliphatic carbocycles. The predicted molar refractivity (Wildman–Crippen MR) is 81.8 cm³/mol. The minimum Gasteiger partial charge on any atom is -0.353 e. The Bertz CT molecular complexity index is 513. The third-order valence-electron chi connectivity index (χ3n) is 3.96. The zero-order valence-electron chi connectivity index (χ0n) is 11.6. The summed E-state index contributed by atoms with van der Waals surface area (Å²) in [6.07, 6.45) is 9.75. The highest BCUT2D eigenvalue weighted by atomic mass is 32.1. The lowest BCUT2D eigenvalue weighted by atomic mass is 9.91. The van der Waals surface area contributed by atoms with Crippen molar-refractivity contribution in [3.8, 4) is 0 Å². The van der Waals surface area contributed by atoms with Gasteiger partial charge in [0, 0.05) is 29.9 Å². The van der Waals surface area contributed by atoms with Crippen LogP contribution in [0.3, 0.4) is 0 Å². The van der Waals surface area contributed by atoms with Gasteiger partial charge in [0.05, 0.1) is 0 Å². The van der Waals surface area contributed by atoms with Crippen LogP contribution in [0.4, 0.5) is 0 Å². The van der Waals surface area contributed by atoms with Crippen LogP contribution in [0.15, 0.2) is 29.9 Å². The van der Waals surface area contributed by atoms with E-state index in [2.05, 4.69) is 46.7 Å². The highest BCUT2D eigenvalue weighted by Gasteiger charge is 2.20. The van der Waals surface area contributed by atoms with Gasteiger partial charge < -0.3 is 9.88 Å². The second-order valence-corrected chi connectivity index (χ2v) is 6.34. The minimum atomic E-state index is 0.580. The molecule has 0 bridgehead atoms. The molecule has 1 atom stereocenters. The number of aryl methyl sites for hydroxylation is 3. The fourth-order valence-corrected chi connectivity index (χ4v) is 3.73. The number of hydrogen-bond acceptors (Lipinski definition) is 2. The van der Waals surface area contributed by atoms with Gasteiger partial charge in [-0.15, -0.1) is 11.3 Å². The standard InChI is InChI=1S/C16H22N2S/c1-2-17-16-7-3-5-13-11-18(12-15(13)16)9-8-14-6-4-10-19-14/h4,6,10-12,16-17H,2-3,5,7-9H2,1H3. The van der Waals surface area contributed by atoms with Crippen LogP contribution in [0.5, 0.6) is 0 Å². The average molecular weight is 274 g/mol. The normalized spacial score (nSPS) is 18.5. The molecule has 2 aromatic rings. The number of nitrogens with one attached hydrogen (secondary N) is 1. The number of hydrogen-bond donors (Lipinski definition) is 1. The van der Waals surface area contributed by atoms with Crippen molar-refractivity contribution < 1.29 is 0 Å². The largest absolute Gasteiger partial charge is 0.353 e. The molecule has 19 heavy (non-hydrogen) atoms. The molecule has 1 aliphatic rings. The molecule has 2 nitrogen and oxygen atoms in total. The molecule has 0 aliphatic heterocycles. The van der Waals surface area contributed by atoms with E-state index < -0.39 is 0 Å². The van der Waals surface area contributed by atoms with Crippen molar-refractivity contribution in [2.75, 3.05) is 6.54 Å². The highest BCUT2D eigenvalue weighted by molar-refractivity contribution is 7.09. The summed E-state index contributed by atoms with van der Waals surface area (Å²) in [5, 5.41) is 5.78. The van der Waals surface area contributed by atoms with Crippen LogP contribution >= 0.6 is 11.3 Å². The molecule has 0 radical (unpaired) electrons. The van der Waals surface area contributed by atoms with Gasteiger partial charge >= 0.3 is 0 Å².